The Morgan fingerprint density at radius 3 is 0.818 bits per heavy atom. The highest BCUT2D eigenvalue weighted by molar-refractivity contribution is 7.47. The number of phosphoric ester groups is 2. The van der Waals surface area contributed by atoms with Crippen molar-refractivity contribution < 1.29 is 80.2 Å². The minimum atomic E-state index is -5.02. The molecule has 17 nitrogen and oxygen atoms in total. The van der Waals surface area contributed by atoms with E-state index < -0.39 is 97.5 Å². The van der Waals surface area contributed by atoms with Crippen molar-refractivity contribution in [2.24, 2.45) is 0 Å². The Labute approximate surface area is 666 Å². The van der Waals surface area contributed by atoms with Gasteiger partial charge in [0.05, 0.1) is 26.4 Å². The Balaban J connectivity index is 5.51. The SMILES string of the molecule is CC/C=C\C/C=C\C/C=C\C/C=C\C/C=C\C/C=C\CCC(=O)OCC(COP(=O)(O)OCC(O)COP(=O)(O)OCC(COC(=O)CCCCCCCC/C=C\C/C=C\C/C=C\C/C=C\CC)OC(=O)CCCCCCCCCCCCCCCCC)OC(=O)CCC/C=C\C/C=C\C/C=C\C/C=C\C/C=C\CC. The summed E-state index contributed by atoms with van der Waals surface area (Å²) in [5.41, 5.74) is 0. The van der Waals surface area contributed by atoms with E-state index in [2.05, 4.69) is 180 Å². The number of aliphatic hydroxyl groups is 1. The normalized spacial score (nSPS) is 14.7. The van der Waals surface area contributed by atoms with E-state index in [-0.39, 0.29) is 25.7 Å². The van der Waals surface area contributed by atoms with E-state index in [1.807, 2.05) is 30.4 Å². The van der Waals surface area contributed by atoms with Gasteiger partial charge in [0.1, 0.15) is 19.3 Å². The number of allylic oxidation sites excluding steroid dienone is 30. The molecule has 0 aromatic heterocycles. The van der Waals surface area contributed by atoms with Crippen LogP contribution in [0.25, 0.3) is 0 Å². The van der Waals surface area contributed by atoms with E-state index >= 15 is 0 Å². The van der Waals surface area contributed by atoms with Crippen molar-refractivity contribution in [1.82, 2.24) is 0 Å². The maximum Gasteiger partial charge on any atom is 0.472 e. The second-order valence-electron chi connectivity index (χ2n) is 27.3. The average molecular weight is 1580 g/mol. The molecule has 5 atom stereocenters. The van der Waals surface area contributed by atoms with Crippen molar-refractivity contribution in [3.05, 3.63) is 182 Å². The molecule has 110 heavy (non-hydrogen) atoms. The molecule has 0 aliphatic heterocycles. The van der Waals surface area contributed by atoms with Crippen LogP contribution in [0.3, 0.4) is 0 Å². The van der Waals surface area contributed by atoms with Gasteiger partial charge in [0, 0.05) is 25.7 Å². The summed E-state index contributed by atoms with van der Waals surface area (Å²) in [6, 6.07) is 0. The van der Waals surface area contributed by atoms with Crippen LogP contribution in [-0.4, -0.2) is 96.7 Å². The molecule has 0 fully saturated rings. The number of carbonyl (C=O) groups is 4. The van der Waals surface area contributed by atoms with Gasteiger partial charge in [0.25, 0.3) is 0 Å². The monoisotopic (exact) mass is 1580 g/mol. The van der Waals surface area contributed by atoms with E-state index in [0.717, 1.165) is 154 Å². The van der Waals surface area contributed by atoms with Gasteiger partial charge < -0.3 is 33.8 Å². The molecule has 0 heterocycles. The second kappa shape index (κ2) is 81.2. The first kappa shape index (κ1) is 104. The molecule has 3 N–H and O–H groups in total. The molecule has 0 spiro atoms. The summed E-state index contributed by atoms with van der Waals surface area (Å²) in [6.07, 6.45) is 98.8. The first-order valence-corrected chi connectivity index (χ1v) is 45.0. The first-order chi connectivity index (χ1) is 53.7. The minimum Gasteiger partial charge on any atom is -0.462 e. The van der Waals surface area contributed by atoms with E-state index in [1.54, 1.807) is 0 Å². The fourth-order valence-corrected chi connectivity index (χ4v) is 12.2. The van der Waals surface area contributed by atoms with Crippen molar-refractivity contribution in [2.75, 3.05) is 39.6 Å². The molecule has 0 amide bonds. The number of hydrogen-bond donors (Lipinski definition) is 3. The third-order valence-corrected chi connectivity index (χ3v) is 18.8. The quantitative estimate of drug-likeness (QED) is 0.0169. The molecule has 0 aliphatic rings. The first-order valence-electron chi connectivity index (χ1n) is 42.0. The third-order valence-electron chi connectivity index (χ3n) is 16.9. The van der Waals surface area contributed by atoms with Crippen molar-refractivity contribution in [3.8, 4) is 0 Å². The largest absolute Gasteiger partial charge is 0.472 e. The molecule has 0 aliphatic carbocycles. The van der Waals surface area contributed by atoms with Gasteiger partial charge in [0.15, 0.2) is 12.2 Å². The van der Waals surface area contributed by atoms with Gasteiger partial charge in [-0.3, -0.25) is 37.3 Å². The number of hydrogen-bond acceptors (Lipinski definition) is 15. The molecule has 19 heteroatoms. The van der Waals surface area contributed by atoms with Gasteiger partial charge in [-0.15, -0.1) is 0 Å². The maximum absolute atomic E-state index is 13.1. The fraction of sp³-hybridized carbons (Fsp3) is 0.626. The van der Waals surface area contributed by atoms with Gasteiger partial charge in [-0.05, 0) is 141 Å². The van der Waals surface area contributed by atoms with Gasteiger partial charge in [-0.25, -0.2) is 9.13 Å². The van der Waals surface area contributed by atoms with E-state index in [0.29, 0.717) is 38.5 Å². The van der Waals surface area contributed by atoms with Gasteiger partial charge in [-0.2, -0.15) is 0 Å². The van der Waals surface area contributed by atoms with E-state index in [1.165, 1.54) is 64.2 Å². The highest BCUT2D eigenvalue weighted by Crippen LogP contribution is 2.45. The summed E-state index contributed by atoms with van der Waals surface area (Å²) in [7, 11) is -10.0. The van der Waals surface area contributed by atoms with Crippen molar-refractivity contribution in [1.29, 1.82) is 0 Å². The summed E-state index contributed by atoms with van der Waals surface area (Å²) in [6.45, 7) is 4.38. The highest BCUT2D eigenvalue weighted by Gasteiger charge is 2.30. The van der Waals surface area contributed by atoms with Crippen LogP contribution in [-0.2, 0) is 65.4 Å². The van der Waals surface area contributed by atoms with Gasteiger partial charge in [-0.1, -0.05) is 326 Å². The molecule has 0 bridgehead atoms. The predicted octanol–water partition coefficient (Wildman–Crippen LogP) is 25.1. The molecular weight excluding hydrogens is 1430 g/mol. The fourth-order valence-electron chi connectivity index (χ4n) is 10.6. The summed E-state index contributed by atoms with van der Waals surface area (Å²) in [5.74, 6) is -2.36. The Morgan fingerprint density at radius 2 is 0.500 bits per heavy atom. The number of rotatable bonds is 77. The number of phosphoric acid groups is 2. The summed E-state index contributed by atoms with van der Waals surface area (Å²) >= 11 is 0. The van der Waals surface area contributed by atoms with Crippen LogP contribution in [0.15, 0.2) is 182 Å². The Bertz CT molecular complexity index is 2800. The molecular formula is C91H148O17P2. The maximum atomic E-state index is 13.1. The zero-order valence-corrected chi connectivity index (χ0v) is 70.1. The smallest absolute Gasteiger partial charge is 0.462 e. The molecule has 624 valence electrons. The average Bonchev–Trinajstić information content (AvgIpc) is 0.906. The zero-order chi connectivity index (χ0) is 80.3. The molecule has 0 saturated carbocycles. The number of aliphatic hydroxyl groups excluding tert-OH is 1. The number of carbonyl (C=O) groups excluding carboxylic acids is 4. The van der Waals surface area contributed by atoms with Crippen LogP contribution < -0.4 is 0 Å². The second-order valence-corrected chi connectivity index (χ2v) is 30.2. The summed E-state index contributed by atoms with van der Waals surface area (Å²) in [4.78, 5) is 73.2. The lowest BCUT2D eigenvalue weighted by molar-refractivity contribution is -0.161. The molecule has 0 radical (unpaired) electrons. The predicted molar refractivity (Wildman–Crippen MR) is 454 cm³/mol. The summed E-state index contributed by atoms with van der Waals surface area (Å²) in [5, 5.41) is 10.7. The lowest BCUT2D eigenvalue weighted by Gasteiger charge is -2.21. The van der Waals surface area contributed by atoms with Gasteiger partial charge in [0.2, 0.25) is 0 Å². The standard InChI is InChI=1S/C91H148O17P2/c1-5-9-13-17-21-25-29-33-37-40-42-45-48-51-55-59-63-67-71-75-88(93)101-81-86(107-90(95)77-73-69-65-61-57-53-47-36-32-28-24-20-16-12-8-4)83-105-109(97,98)103-79-85(92)80-104-110(99,100)106-84-87(108-91(96)78-74-70-66-62-58-54-50-44-39-35-31-27-23-19-15-11-7-3)82-102-89(94)76-72-68-64-60-56-52-49-46-43-41-38-34-30-26-22-18-14-10-6-2/h9-11,13-15,21-23,25-27,33-35,37-39,42-43,45-46,50,52,54,56,62,64,66,68,85-87,92H,5-8,12,16-20,24,28-32,36,40-41,44,47-49,51,53,55,57-61,63,65,67,69-84H2,1-4H3,(H,97,98)(H,99,100)/b13-9-,14-10-,15-11-,25-21-,26-22-,27-23-,37-33-,38-34-,39-35-,45-42-,46-43-,54-50-,56-52-,66-62-,68-64-. The van der Waals surface area contributed by atoms with Gasteiger partial charge >= 0.3 is 39.5 Å². The van der Waals surface area contributed by atoms with E-state index in [9.17, 15) is 43.2 Å². The lowest BCUT2D eigenvalue weighted by atomic mass is 10.0. The number of ether oxygens (including phenoxy) is 4. The molecule has 0 aromatic carbocycles. The van der Waals surface area contributed by atoms with Crippen LogP contribution in [0.5, 0.6) is 0 Å². The zero-order valence-electron chi connectivity index (χ0n) is 68.4. The van der Waals surface area contributed by atoms with Crippen LogP contribution in [0.4, 0.5) is 0 Å². The topological polar surface area (TPSA) is 237 Å². The van der Waals surface area contributed by atoms with Crippen molar-refractivity contribution in [2.45, 2.75) is 329 Å². The van der Waals surface area contributed by atoms with Crippen LogP contribution in [0.1, 0.15) is 310 Å². The number of unbranched alkanes of at least 4 members (excludes halogenated alkanes) is 21. The molecule has 0 rings (SSSR count). The molecule has 0 aromatic rings. The molecule has 0 saturated heterocycles. The molecule has 5 unspecified atom stereocenters. The Kier molecular flexibility index (Phi) is 76.9. The third kappa shape index (κ3) is 80.2. The van der Waals surface area contributed by atoms with Crippen LogP contribution in [0.2, 0.25) is 0 Å². The Morgan fingerprint density at radius 1 is 0.264 bits per heavy atom. The minimum absolute atomic E-state index is 0.00590. The van der Waals surface area contributed by atoms with Crippen molar-refractivity contribution >= 4 is 39.5 Å². The van der Waals surface area contributed by atoms with E-state index in [4.69, 9.17) is 37.0 Å². The van der Waals surface area contributed by atoms with Crippen molar-refractivity contribution in [3.63, 3.8) is 0 Å². The summed E-state index contributed by atoms with van der Waals surface area (Å²) < 4.78 is 68.6. The lowest BCUT2D eigenvalue weighted by Crippen LogP contribution is -2.30. The van der Waals surface area contributed by atoms with Crippen LogP contribution in [0, 0.1) is 0 Å². The number of esters is 4. The van der Waals surface area contributed by atoms with Crippen LogP contribution >= 0.6 is 15.6 Å². The highest BCUT2D eigenvalue weighted by atomic mass is 31.2. The Hall–Kier alpha value is -5.84.